The predicted molar refractivity (Wildman–Crippen MR) is 113 cm³/mol. The van der Waals surface area contributed by atoms with Crippen LogP contribution in [0.25, 0.3) is 5.57 Å². The first-order chi connectivity index (χ1) is 13.6. The highest BCUT2D eigenvalue weighted by Crippen LogP contribution is 2.47. The number of ketones is 1. The van der Waals surface area contributed by atoms with Gasteiger partial charge >= 0.3 is 0 Å². The van der Waals surface area contributed by atoms with Gasteiger partial charge in [0.2, 0.25) is 0 Å². The first-order valence-electron chi connectivity index (χ1n) is 11.3. The van der Waals surface area contributed by atoms with Crippen molar-refractivity contribution in [2.75, 3.05) is 0 Å². The van der Waals surface area contributed by atoms with Crippen LogP contribution in [-0.2, 0) is 4.79 Å². The number of halogens is 1. The van der Waals surface area contributed by atoms with E-state index < -0.39 is 0 Å². The molecule has 1 aromatic carbocycles. The number of rotatable bonds is 7. The number of Topliss-reactive ketones (excluding diaryl/α,β-unsaturated/α-hetero) is 1. The Morgan fingerprint density at radius 3 is 2.54 bits per heavy atom. The van der Waals surface area contributed by atoms with Crippen LogP contribution in [0.15, 0.2) is 47.8 Å². The Morgan fingerprint density at radius 1 is 1.07 bits per heavy atom. The summed E-state index contributed by atoms with van der Waals surface area (Å²) < 4.78 is 14.7. The van der Waals surface area contributed by atoms with Crippen molar-refractivity contribution in [2.24, 2.45) is 23.7 Å². The third-order valence-electron chi connectivity index (χ3n) is 7.33. The molecule has 150 valence electrons. The average molecular weight is 381 g/mol. The first-order valence-corrected chi connectivity index (χ1v) is 11.3. The van der Waals surface area contributed by atoms with Crippen molar-refractivity contribution in [1.82, 2.24) is 0 Å². The summed E-state index contributed by atoms with van der Waals surface area (Å²) in [5.74, 6) is 1.81. The second kappa shape index (κ2) is 8.76. The van der Waals surface area contributed by atoms with Crippen LogP contribution in [0.2, 0.25) is 0 Å². The van der Waals surface area contributed by atoms with E-state index in [9.17, 15) is 9.18 Å². The minimum Gasteiger partial charge on any atom is -0.299 e. The van der Waals surface area contributed by atoms with Crippen molar-refractivity contribution in [3.05, 3.63) is 53.4 Å². The second-order valence-electron chi connectivity index (χ2n) is 9.22. The molecule has 0 bridgehead atoms. The number of hydrogen-bond donors (Lipinski definition) is 0. The number of carbonyl (C=O) groups is 1. The molecular weight excluding hydrogens is 347 g/mol. The fourth-order valence-electron chi connectivity index (χ4n) is 5.32. The van der Waals surface area contributed by atoms with Gasteiger partial charge in [0.25, 0.3) is 0 Å². The molecular formula is C26H33FO. The molecule has 0 saturated heterocycles. The summed E-state index contributed by atoms with van der Waals surface area (Å²) in [6.45, 7) is 1.99. The molecule has 3 atom stereocenters. The van der Waals surface area contributed by atoms with E-state index in [-0.39, 0.29) is 17.7 Å². The van der Waals surface area contributed by atoms with Gasteiger partial charge in [0.1, 0.15) is 11.6 Å². The zero-order valence-corrected chi connectivity index (χ0v) is 17.1. The normalized spacial score (nSPS) is 26.7. The summed E-state index contributed by atoms with van der Waals surface area (Å²) in [7, 11) is 0. The molecule has 28 heavy (non-hydrogen) atoms. The van der Waals surface area contributed by atoms with Gasteiger partial charge in [-0.15, -0.1) is 0 Å². The first kappa shape index (κ1) is 19.6. The van der Waals surface area contributed by atoms with Crippen LogP contribution >= 0.6 is 0 Å². The Bertz CT molecular complexity index is 754. The standard InChI is InChI=1S/C26H33FO/c1-18(21-14-15-23(25(27)17-21)20-10-6-3-7-11-20)26(28)24-16-22(24)13-12-19-8-4-2-5-9-19/h3,6-7,10-11,17-19,22,24H,2,4-5,8-9,12-16H2,1H3. The number of benzene rings is 1. The maximum absolute atomic E-state index is 14.7. The van der Waals surface area contributed by atoms with E-state index in [0.29, 0.717) is 18.1 Å². The van der Waals surface area contributed by atoms with Gasteiger partial charge < -0.3 is 0 Å². The Labute approximate surface area is 169 Å². The topological polar surface area (TPSA) is 17.1 Å². The Kier molecular flexibility index (Phi) is 6.13. The van der Waals surface area contributed by atoms with Crippen LogP contribution in [0.3, 0.4) is 0 Å². The quantitative estimate of drug-likeness (QED) is 0.485. The Morgan fingerprint density at radius 2 is 1.82 bits per heavy atom. The fraction of sp³-hybridized carbons (Fsp3) is 0.577. The van der Waals surface area contributed by atoms with Crippen LogP contribution in [0.1, 0.15) is 76.7 Å². The summed E-state index contributed by atoms with van der Waals surface area (Å²) in [5.41, 5.74) is 2.72. The summed E-state index contributed by atoms with van der Waals surface area (Å²) in [5, 5.41) is 0. The molecule has 2 fully saturated rings. The smallest absolute Gasteiger partial charge is 0.143 e. The van der Waals surface area contributed by atoms with Crippen molar-refractivity contribution < 1.29 is 9.18 Å². The van der Waals surface area contributed by atoms with Crippen molar-refractivity contribution >= 4 is 11.4 Å². The molecule has 0 N–H and O–H groups in total. The lowest BCUT2D eigenvalue weighted by Gasteiger charge is -2.22. The highest BCUT2D eigenvalue weighted by atomic mass is 19.1. The van der Waals surface area contributed by atoms with E-state index >= 15 is 0 Å². The van der Waals surface area contributed by atoms with Crippen LogP contribution in [0.5, 0.6) is 0 Å². The summed E-state index contributed by atoms with van der Waals surface area (Å²) in [6, 6.07) is 9.77. The van der Waals surface area contributed by atoms with Crippen molar-refractivity contribution in [3.63, 3.8) is 0 Å². The molecule has 4 rings (SSSR count). The molecule has 1 aromatic rings. The van der Waals surface area contributed by atoms with E-state index in [2.05, 4.69) is 0 Å². The third kappa shape index (κ3) is 4.47. The zero-order valence-electron chi connectivity index (χ0n) is 17.1. The van der Waals surface area contributed by atoms with E-state index in [4.69, 9.17) is 0 Å². The van der Waals surface area contributed by atoms with Gasteiger partial charge in [-0.25, -0.2) is 4.39 Å². The van der Waals surface area contributed by atoms with E-state index in [1.807, 2.05) is 37.3 Å². The van der Waals surface area contributed by atoms with Gasteiger partial charge in [-0.3, -0.25) is 4.79 Å². The summed E-state index contributed by atoms with van der Waals surface area (Å²) >= 11 is 0. The largest absolute Gasteiger partial charge is 0.299 e. The van der Waals surface area contributed by atoms with Crippen molar-refractivity contribution in [1.29, 1.82) is 0 Å². The Hall–Kier alpha value is -1.70. The van der Waals surface area contributed by atoms with Crippen LogP contribution in [0.4, 0.5) is 4.39 Å². The molecule has 0 amide bonds. The molecule has 0 radical (unpaired) electrons. The Balaban J connectivity index is 1.33. The summed E-state index contributed by atoms with van der Waals surface area (Å²) in [6.07, 6.45) is 13.7. The van der Waals surface area contributed by atoms with Gasteiger partial charge in [-0.1, -0.05) is 81.4 Å². The highest BCUT2D eigenvalue weighted by molar-refractivity contribution is 5.88. The highest BCUT2D eigenvalue weighted by Gasteiger charge is 2.44. The van der Waals surface area contributed by atoms with Gasteiger partial charge in [-0.2, -0.15) is 0 Å². The van der Waals surface area contributed by atoms with E-state index in [1.165, 1.54) is 44.9 Å². The molecule has 3 aliphatic rings. The fourth-order valence-corrected chi connectivity index (χ4v) is 5.32. The van der Waals surface area contributed by atoms with Gasteiger partial charge in [0, 0.05) is 11.8 Å². The van der Waals surface area contributed by atoms with E-state index in [0.717, 1.165) is 35.5 Å². The van der Waals surface area contributed by atoms with E-state index in [1.54, 1.807) is 6.08 Å². The molecule has 3 aliphatic carbocycles. The van der Waals surface area contributed by atoms with Gasteiger partial charge in [0.05, 0.1) is 0 Å². The van der Waals surface area contributed by atoms with Crippen LogP contribution in [0, 0.1) is 23.7 Å². The second-order valence-corrected chi connectivity index (χ2v) is 9.22. The number of carbonyl (C=O) groups excluding carboxylic acids is 1. The number of allylic oxidation sites excluding steroid dienone is 4. The lowest BCUT2D eigenvalue weighted by Crippen LogP contribution is -2.18. The van der Waals surface area contributed by atoms with Crippen LogP contribution < -0.4 is 0 Å². The molecule has 0 spiro atoms. The maximum Gasteiger partial charge on any atom is 0.143 e. The molecule has 2 heteroatoms. The van der Waals surface area contributed by atoms with Crippen molar-refractivity contribution in [3.8, 4) is 0 Å². The summed E-state index contributed by atoms with van der Waals surface area (Å²) in [4.78, 5) is 12.9. The van der Waals surface area contributed by atoms with Crippen molar-refractivity contribution in [2.45, 2.75) is 71.1 Å². The lowest BCUT2D eigenvalue weighted by molar-refractivity contribution is -0.123. The third-order valence-corrected chi connectivity index (χ3v) is 7.33. The molecule has 0 heterocycles. The average Bonchev–Trinajstić information content (AvgIpc) is 3.52. The number of hydrogen-bond acceptors (Lipinski definition) is 1. The molecule has 0 aromatic heterocycles. The molecule has 3 unspecified atom stereocenters. The minimum absolute atomic E-state index is 0.132. The minimum atomic E-state index is -0.156. The van der Waals surface area contributed by atoms with Gasteiger partial charge in [-0.05, 0) is 54.7 Å². The zero-order chi connectivity index (χ0) is 19.5. The van der Waals surface area contributed by atoms with Crippen LogP contribution in [-0.4, -0.2) is 5.78 Å². The predicted octanol–water partition coefficient (Wildman–Crippen LogP) is 7.29. The van der Waals surface area contributed by atoms with Gasteiger partial charge in [0.15, 0.2) is 0 Å². The molecule has 2 saturated carbocycles. The lowest BCUT2D eigenvalue weighted by atomic mass is 9.83. The molecule has 1 nitrogen and oxygen atoms in total. The maximum atomic E-state index is 14.7. The SMILES string of the molecule is CC(C(=O)C1CC1CCC1CCCCC1)C1=CC(F)=C(c2ccccc2)CC1. The monoisotopic (exact) mass is 380 g/mol. The molecule has 0 aliphatic heterocycles.